The average molecular weight is 230 g/mol. The molecular weight excluding hydrogens is 214 g/mol. The lowest BCUT2D eigenvalue weighted by atomic mass is 9.95. The van der Waals surface area contributed by atoms with Crippen LogP contribution in [0.15, 0.2) is 6.20 Å². The molecule has 0 radical (unpaired) electrons. The molecule has 5 heteroatoms. The van der Waals surface area contributed by atoms with Gasteiger partial charge in [0.05, 0.1) is 0 Å². The largest absolute Gasteiger partial charge is 0.396 e. The lowest BCUT2D eigenvalue weighted by Gasteiger charge is -2.22. The van der Waals surface area contributed by atoms with E-state index in [1.165, 1.54) is 0 Å². The van der Waals surface area contributed by atoms with Gasteiger partial charge >= 0.3 is 0 Å². The molecular formula is C10H16ClN3O. The van der Waals surface area contributed by atoms with Crippen LogP contribution < -0.4 is 5.32 Å². The van der Waals surface area contributed by atoms with Gasteiger partial charge in [-0.2, -0.15) is 0 Å². The minimum atomic E-state index is -0.177. The third-order valence-corrected chi connectivity index (χ3v) is 2.29. The van der Waals surface area contributed by atoms with Crippen molar-refractivity contribution in [3.63, 3.8) is 0 Å². The SMILES string of the molecule is Cc1cnc(Cl)nc1NCC(C)(C)CO. The van der Waals surface area contributed by atoms with Gasteiger partial charge in [-0.1, -0.05) is 13.8 Å². The summed E-state index contributed by atoms with van der Waals surface area (Å²) in [5.74, 6) is 0.719. The van der Waals surface area contributed by atoms with Crippen LogP contribution >= 0.6 is 11.6 Å². The van der Waals surface area contributed by atoms with Crippen LogP contribution in [0, 0.1) is 12.3 Å². The molecule has 2 N–H and O–H groups in total. The van der Waals surface area contributed by atoms with Crippen molar-refractivity contribution < 1.29 is 5.11 Å². The first-order chi connectivity index (χ1) is 6.94. The van der Waals surface area contributed by atoms with Gasteiger partial charge in [0.25, 0.3) is 0 Å². The number of rotatable bonds is 4. The van der Waals surface area contributed by atoms with E-state index in [1.54, 1.807) is 6.20 Å². The highest BCUT2D eigenvalue weighted by Crippen LogP contribution is 2.17. The molecule has 15 heavy (non-hydrogen) atoms. The molecule has 1 rings (SSSR count). The zero-order valence-electron chi connectivity index (χ0n) is 9.21. The summed E-state index contributed by atoms with van der Waals surface area (Å²) in [5.41, 5.74) is 0.761. The summed E-state index contributed by atoms with van der Waals surface area (Å²) in [6.45, 7) is 6.61. The quantitative estimate of drug-likeness (QED) is 0.774. The van der Waals surface area contributed by atoms with Crippen molar-refractivity contribution >= 4 is 17.4 Å². The fourth-order valence-electron chi connectivity index (χ4n) is 0.978. The summed E-state index contributed by atoms with van der Waals surface area (Å²) < 4.78 is 0. The molecule has 0 fully saturated rings. The number of halogens is 1. The molecule has 0 bridgehead atoms. The van der Waals surface area contributed by atoms with Crippen molar-refractivity contribution in [2.45, 2.75) is 20.8 Å². The lowest BCUT2D eigenvalue weighted by molar-refractivity contribution is 0.170. The number of hydrogen-bond donors (Lipinski definition) is 2. The fourth-order valence-corrected chi connectivity index (χ4v) is 1.11. The second-order valence-corrected chi connectivity index (χ2v) is 4.68. The molecule has 0 aliphatic rings. The summed E-state index contributed by atoms with van der Waals surface area (Å²) in [6.07, 6.45) is 1.67. The predicted octanol–water partition coefficient (Wildman–Crippen LogP) is 1.87. The standard InChI is InChI=1S/C10H16ClN3O/c1-7-4-12-9(11)14-8(7)13-5-10(2,3)6-15/h4,15H,5-6H2,1-3H3,(H,12,13,14). The van der Waals surface area contributed by atoms with E-state index in [9.17, 15) is 0 Å². The first kappa shape index (κ1) is 12.2. The van der Waals surface area contributed by atoms with E-state index < -0.39 is 0 Å². The first-order valence-electron chi connectivity index (χ1n) is 4.78. The van der Waals surface area contributed by atoms with Crippen LogP contribution in [0.4, 0.5) is 5.82 Å². The minimum Gasteiger partial charge on any atom is -0.396 e. The molecule has 0 saturated carbocycles. The highest BCUT2D eigenvalue weighted by Gasteiger charge is 2.16. The van der Waals surface area contributed by atoms with Crippen molar-refractivity contribution in [1.29, 1.82) is 0 Å². The third kappa shape index (κ3) is 3.64. The van der Waals surface area contributed by atoms with Gasteiger partial charge < -0.3 is 10.4 Å². The summed E-state index contributed by atoms with van der Waals surface area (Å²) in [5, 5.41) is 12.5. The number of aliphatic hydroxyl groups excluding tert-OH is 1. The summed E-state index contributed by atoms with van der Waals surface area (Å²) >= 11 is 5.69. The van der Waals surface area contributed by atoms with Crippen molar-refractivity contribution in [3.05, 3.63) is 17.0 Å². The van der Waals surface area contributed by atoms with E-state index in [1.807, 2.05) is 20.8 Å². The minimum absolute atomic E-state index is 0.123. The molecule has 0 saturated heterocycles. The molecule has 0 aromatic carbocycles. The molecule has 0 aliphatic heterocycles. The van der Waals surface area contributed by atoms with Gasteiger partial charge in [0.15, 0.2) is 0 Å². The Morgan fingerprint density at radius 3 is 2.80 bits per heavy atom. The summed E-state index contributed by atoms with van der Waals surface area (Å²) in [4.78, 5) is 7.94. The number of aromatic nitrogens is 2. The molecule has 1 aromatic heterocycles. The Labute approximate surface area is 94.7 Å². The van der Waals surface area contributed by atoms with E-state index in [0.717, 1.165) is 11.4 Å². The third-order valence-electron chi connectivity index (χ3n) is 2.10. The summed E-state index contributed by atoms with van der Waals surface area (Å²) in [6, 6.07) is 0. The predicted molar refractivity (Wildman–Crippen MR) is 61.1 cm³/mol. The number of anilines is 1. The average Bonchev–Trinajstić information content (AvgIpc) is 2.20. The molecule has 1 heterocycles. The van der Waals surface area contributed by atoms with Crippen LogP contribution in [-0.2, 0) is 0 Å². The number of hydrogen-bond acceptors (Lipinski definition) is 4. The lowest BCUT2D eigenvalue weighted by Crippen LogP contribution is -2.27. The number of aliphatic hydroxyl groups is 1. The van der Waals surface area contributed by atoms with Gasteiger partial charge in [-0.3, -0.25) is 0 Å². The molecule has 0 atom stereocenters. The number of aryl methyl sites for hydroxylation is 1. The van der Waals surface area contributed by atoms with E-state index in [-0.39, 0.29) is 17.3 Å². The van der Waals surface area contributed by atoms with Crippen molar-refractivity contribution in [2.24, 2.45) is 5.41 Å². The van der Waals surface area contributed by atoms with Crippen LogP contribution in [0.3, 0.4) is 0 Å². The summed E-state index contributed by atoms with van der Waals surface area (Å²) in [7, 11) is 0. The van der Waals surface area contributed by atoms with Crippen LogP contribution in [0.5, 0.6) is 0 Å². The number of nitrogens with one attached hydrogen (secondary N) is 1. The molecule has 0 aliphatic carbocycles. The monoisotopic (exact) mass is 229 g/mol. The Balaban J connectivity index is 2.69. The van der Waals surface area contributed by atoms with Crippen molar-refractivity contribution in [3.8, 4) is 0 Å². The number of nitrogens with zero attached hydrogens (tertiary/aromatic N) is 2. The highest BCUT2D eigenvalue weighted by molar-refractivity contribution is 6.28. The molecule has 0 spiro atoms. The molecule has 1 aromatic rings. The Morgan fingerprint density at radius 1 is 1.53 bits per heavy atom. The maximum atomic E-state index is 9.10. The zero-order chi connectivity index (χ0) is 11.5. The van der Waals surface area contributed by atoms with Crippen LogP contribution in [-0.4, -0.2) is 28.2 Å². The Bertz CT molecular complexity index is 341. The van der Waals surface area contributed by atoms with Gasteiger partial charge in [-0.15, -0.1) is 0 Å². The second-order valence-electron chi connectivity index (χ2n) is 4.35. The fraction of sp³-hybridized carbons (Fsp3) is 0.600. The van der Waals surface area contributed by atoms with Gasteiger partial charge in [-0.05, 0) is 18.5 Å². The Kier molecular flexibility index (Phi) is 3.88. The van der Waals surface area contributed by atoms with Gasteiger partial charge in [0, 0.05) is 30.3 Å². The zero-order valence-corrected chi connectivity index (χ0v) is 9.97. The molecule has 84 valence electrons. The van der Waals surface area contributed by atoms with E-state index >= 15 is 0 Å². The first-order valence-corrected chi connectivity index (χ1v) is 5.16. The molecule has 0 unspecified atom stereocenters. The highest BCUT2D eigenvalue weighted by atomic mass is 35.5. The van der Waals surface area contributed by atoms with Gasteiger partial charge in [0.1, 0.15) is 5.82 Å². The van der Waals surface area contributed by atoms with E-state index in [4.69, 9.17) is 16.7 Å². The topological polar surface area (TPSA) is 58.0 Å². The Hall–Kier alpha value is -0.870. The van der Waals surface area contributed by atoms with Crippen molar-refractivity contribution in [1.82, 2.24) is 9.97 Å². The molecule has 4 nitrogen and oxygen atoms in total. The molecule has 0 amide bonds. The van der Waals surface area contributed by atoms with Crippen molar-refractivity contribution in [2.75, 3.05) is 18.5 Å². The van der Waals surface area contributed by atoms with Crippen LogP contribution in [0.25, 0.3) is 0 Å². The van der Waals surface area contributed by atoms with E-state index in [2.05, 4.69) is 15.3 Å². The van der Waals surface area contributed by atoms with Crippen LogP contribution in [0.1, 0.15) is 19.4 Å². The second kappa shape index (κ2) is 4.77. The van der Waals surface area contributed by atoms with Crippen LogP contribution in [0.2, 0.25) is 5.28 Å². The smallest absolute Gasteiger partial charge is 0.224 e. The van der Waals surface area contributed by atoms with Gasteiger partial charge in [0.2, 0.25) is 5.28 Å². The Morgan fingerprint density at radius 2 is 2.20 bits per heavy atom. The maximum Gasteiger partial charge on any atom is 0.224 e. The van der Waals surface area contributed by atoms with Gasteiger partial charge in [-0.25, -0.2) is 9.97 Å². The van der Waals surface area contributed by atoms with E-state index in [0.29, 0.717) is 6.54 Å². The maximum absolute atomic E-state index is 9.10. The normalized spacial score (nSPS) is 11.5.